The number of rotatable bonds is 44. The Kier molecular flexibility index (Phi) is 44.0. The van der Waals surface area contributed by atoms with Crippen LogP contribution < -0.4 is 5.32 Å². The van der Waals surface area contributed by atoms with Gasteiger partial charge in [0.2, 0.25) is 5.91 Å². The third kappa shape index (κ3) is 39.5. The summed E-state index contributed by atoms with van der Waals surface area (Å²) < 4.78 is 0. The molecule has 0 spiro atoms. The number of unbranched alkanes of at least 4 members (excludes halogenated alkanes) is 27. The van der Waals surface area contributed by atoms with E-state index in [-0.39, 0.29) is 0 Å². The second-order valence-corrected chi connectivity index (χ2v) is 16.8. The highest BCUT2D eigenvalue weighted by atomic mass is 16.3. The van der Waals surface area contributed by atoms with Crippen LogP contribution in [0.25, 0.3) is 0 Å². The largest absolute Gasteiger partial charge is 0.394 e. The molecule has 0 fully saturated rings. The molecule has 0 aromatic rings. The van der Waals surface area contributed by atoms with E-state index in [4.69, 9.17) is 0 Å². The fraction of sp³-hybridized carbons (Fsp3) is 0.824. The third-order valence-electron chi connectivity index (χ3n) is 11.2. The summed E-state index contributed by atoms with van der Waals surface area (Å²) in [6.07, 6.45) is 55.8. The van der Waals surface area contributed by atoms with E-state index in [9.17, 15) is 25.2 Å². The van der Waals surface area contributed by atoms with E-state index in [0.29, 0.717) is 19.3 Å². The van der Waals surface area contributed by atoms with Gasteiger partial charge in [0, 0.05) is 0 Å². The van der Waals surface area contributed by atoms with Crippen molar-refractivity contribution in [1.82, 2.24) is 5.32 Å². The average molecular weight is 802 g/mol. The van der Waals surface area contributed by atoms with Gasteiger partial charge in [0.15, 0.2) is 0 Å². The van der Waals surface area contributed by atoms with Crippen LogP contribution >= 0.6 is 0 Å². The maximum absolute atomic E-state index is 12.5. The molecule has 4 unspecified atom stereocenters. The standard InChI is InChI=1S/C51H95NO5/c1-3-5-7-9-11-13-15-17-19-21-22-23-24-25-26-27-28-29-31-32-34-36-38-40-42-44-48(54)50(56)47(46-53)52-51(57)49(55)45-43-41-39-37-35-33-30-20-18-16-14-12-10-8-6-4-2/h18,20,25-26,29,31,36,38,47-50,53-56H,3-17,19,21-24,27-28,30,32-35,37,39-46H2,1-2H3,(H,52,57)/b20-18-,26-25+,31-29+,38-36+. The monoisotopic (exact) mass is 802 g/mol. The van der Waals surface area contributed by atoms with Crippen LogP contribution in [0.15, 0.2) is 48.6 Å². The normalized spacial score (nSPS) is 14.4. The molecule has 5 N–H and O–H groups in total. The Morgan fingerprint density at radius 2 is 0.737 bits per heavy atom. The van der Waals surface area contributed by atoms with Gasteiger partial charge in [0.05, 0.1) is 18.8 Å². The fourth-order valence-corrected chi connectivity index (χ4v) is 7.31. The molecule has 6 heteroatoms. The fourth-order valence-electron chi connectivity index (χ4n) is 7.31. The summed E-state index contributed by atoms with van der Waals surface area (Å²) in [5, 5.41) is 43.7. The van der Waals surface area contributed by atoms with Crippen molar-refractivity contribution in [2.75, 3.05) is 6.61 Å². The number of carbonyl (C=O) groups is 1. The number of nitrogens with one attached hydrogen (secondary N) is 1. The first-order valence-corrected chi connectivity index (χ1v) is 24.5. The summed E-state index contributed by atoms with van der Waals surface area (Å²) >= 11 is 0. The van der Waals surface area contributed by atoms with Crippen molar-refractivity contribution < 1.29 is 25.2 Å². The molecule has 0 saturated carbocycles. The molecule has 0 radical (unpaired) electrons. The summed E-state index contributed by atoms with van der Waals surface area (Å²) in [4.78, 5) is 12.5. The number of amides is 1. The highest BCUT2D eigenvalue weighted by molar-refractivity contribution is 5.80. The average Bonchev–Trinajstić information content (AvgIpc) is 3.22. The molecular formula is C51H95NO5. The lowest BCUT2D eigenvalue weighted by Crippen LogP contribution is -2.53. The highest BCUT2D eigenvalue weighted by Gasteiger charge is 2.28. The minimum atomic E-state index is -1.30. The number of carbonyl (C=O) groups excluding carboxylic acids is 1. The van der Waals surface area contributed by atoms with Gasteiger partial charge in [-0.1, -0.05) is 197 Å². The molecule has 0 aliphatic carbocycles. The highest BCUT2D eigenvalue weighted by Crippen LogP contribution is 2.15. The predicted octanol–water partition coefficient (Wildman–Crippen LogP) is 13.5. The Morgan fingerprint density at radius 1 is 0.421 bits per heavy atom. The zero-order chi connectivity index (χ0) is 41.7. The third-order valence-corrected chi connectivity index (χ3v) is 11.2. The van der Waals surface area contributed by atoms with E-state index in [1.54, 1.807) is 0 Å². The predicted molar refractivity (Wildman–Crippen MR) is 247 cm³/mol. The van der Waals surface area contributed by atoms with Crippen molar-refractivity contribution in [2.24, 2.45) is 0 Å². The van der Waals surface area contributed by atoms with Gasteiger partial charge in [0.25, 0.3) is 0 Å². The summed E-state index contributed by atoms with van der Waals surface area (Å²) in [6, 6.07) is -1.01. The van der Waals surface area contributed by atoms with Crippen LogP contribution in [0.4, 0.5) is 0 Å². The summed E-state index contributed by atoms with van der Waals surface area (Å²) in [7, 11) is 0. The minimum absolute atomic E-state index is 0.350. The maximum atomic E-state index is 12.5. The van der Waals surface area contributed by atoms with Crippen LogP contribution in [0.5, 0.6) is 0 Å². The summed E-state index contributed by atoms with van der Waals surface area (Å²) in [6.45, 7) is 4.03. The number of hydrogen-bond acceptors (Lipinski definition) is 5. The Labute approximate surface area is 353 Å². The number of hydrogen-bond donors (Lipinski definition) is 5. The van der Waals surface area contributed by atoms with Crippen molar-refractivity contribution >= 4 is 5.91 Å². The van der Waals surface area contributed by atoms with Gasteiger partial charge in [-0.05, 0) is 89.9 Å². The van der Waals surface area contributed by atoms with E-state index in [1.807, 2.05) is 0 Å². The molecule has 1 amide bonds. The molecule has 0 rings (SSSR count). The van der Waals surface area contributed by atoms with E-state index >= 15 is 0 Å². The second kappa shape index (κ2) is 45.4. The van der Waals surface area contributed by atoms with Crippen LogP contribution in [0.1, 0.15) is 239 Å². The lowest BCUT2D eigenvalue weighted by molar-refractivity contribution is -0.132. The molecule has 0 heterocycles. The summed E-state index contributed by atoms with van der Waals surface area (Å²) in [5.74, 6) is -0.605. The van der Waals surface area contributed by atoms with Crippen molar-refractivity contribution in [2.45, 2.75) is 263 Å². The minimum Gasteiger partial charge on any atom is -0.394 e. The van der Waals surface area contributed by atoms with Gasteiger partial charge < -0.3 is 25.7 Å². The first-order valence-electron chi connectivity index (χ1n) is 24.5. The van der Waals surface area contributed by atoms with Crippen molar-refractivity contribution in [3.05, 3.63) is 48.6 Å². The molecule has 0 aliphatic rings. The Bertz CT molecular complexity index is 946. The number of aliphatic hydroxyl groups is 4. The van der Waals surface area contributed by atoms with Gasteiger partial charge >= 0.3 is 0 Å². The van der Waals surface area contributed by atoms with E-state index in [2.05, 4.69) is 67.8 Å². The first-order chi connectivity index (χ1) is 28.0. The van der Waals surface area contributed by atoms with Crippen molar-refractivity contribution in [3.63, 3.8) is 0 Å². The molecule has 0 bridgehead atoms. The van der Waals surface area contributed by atoms with Crippen LogP contribution in [-0.4, -0.2) is 57.3 Å². The van der Waals surface area contributed by atoms with Crippen molar-refractivity contribution in [1.29, 1.82) is 0 Å². The molecule has 334 valence electrons. The SMILES string of the molecule is CCCCCCCC/C=C\CCCCCCCCC(O)C(=O)NC(CO)C(O)C(O)CCC/C=C/CC/C=C/CC/C=C/CCCCCCCCCCCCCC. The Hall–Kier alpha value is -1.73. The van der Waals surface area contributed by atoms with Crippen LogP contribution in [0, 0.1) is 0 Å². The van der Waals surface area contributed by atoms with E-state index in [0.717, 1.165) is 64.2 Å². The van der Waals surface area contributed by atoms with E-state index in [1.165, 1.54) is 141 Å². The molecule has 4 atom stereocenters. The zero-order valence-electron chi connectivity index (χ0n) is 37.6. The molecule has 0 saturated heterocycles. The quantitative estimate of drug-likeness (QED) is 0.0311. The van der Waals surface area contributed by atoms with Crippen LogP contribution in [0.2, 0.25) is 0 Å². The topological polar surface area (TPSA) is 110 Å². The van der Waals surface area contributed by atoms with Gasteiger partial charge in [-0.3, -0.25) is 4.79 Å². The summed E-state index contributed by atoms with van der Waals surface area (Å²) in [5.41, 5.74) is 0. The molecule has 6 nitrogen and oxygen atoms in total. The number of aliphatic hydroxyl groups excluding tert-OH is 4. The van der Waals surface area contributed by atoms with Crippen LogP contribution in [-0.2, 0) is 4.79 Å². The number of allylic oxidation sites excluding steroid dienone is 8. The lowest BCUT2D eigenvalue weighted by atomic mass is 10.00. The van der Waals surface area contributed by atoms with E-state index < -0.39 is 36.9 Å². The van der Waals surface area contributed by atoms with Gasteiger partial charge in [0.1, 0.15) is 12.2 Å². The van der Waals surface area contributed by atoms with Gasteiger partial charge in [-0.25, -0.2) is 0 Å². The first kappa shape index (κ1) is 55.3. The smallest absolute Gasteiger partial charge is 0.249 e. The van der Waals surface area contributed by atoms with Crippen molar-refractivity contribution in [3.8, 4) is 0 Å². The molecule has 0 aromatic carbocycles. The van der Waals surface area contributed by atoms with Gasteiger partial charge in [-0.15, -0.1) is 0 Å². The Balaban J connectivity index is 3.79. The molecular weight excluding hydrogens is 707 g/mol. The molecule has 0 aliphatic heterocycles. The van der Waals surface area contributed by atoms with Gasteiger partial charge in [-0.2, -0.15) is 0 Å². The zero-order valence-corrected chi connectivity index (χ0v) is 37.6. The second-order valence-electron chi connectivity index (χ2n) is 16.8. The molecule has 57 heavy (non-hydrogen) atoms. The molecule has 0 aromatic heterocycles. The maximum Gasteiger partial charge on any atom is 0.249 e. The lowest BCUT2D eigenvalue weighted by Gasteiger charge is -2.27. The van der Waals surface area contributed by atoms with Crippen LogP contribution in [0.3, 0.4) is 0 Å². The Morgan fingerprint density at radius 3 is 1.11 bits per heavy atom.